The predicted octanol–water partition coefficient (Wildman–Crippen LogP) is 3.57. The predicted molar refractivity (Wildman–Crippen MR) is 173 cm³/mol. The SMILES string of the molecule is COc1ccnc(C(=O)NC2COC(=O)[C@H](Cc3ccccc3)C(OC(=O)C(C)C)[C@H](C)OC2=O)c1OC(=O)C(C)(OC)c1ccccc1. The Kier molecular flexibility index (Phi) is 12.1. The van der Waals surface area contributed by atoms with E-state index in [-0.39, 0.29) is 17.9 Å². The third kappa shape index (κ3) is 8.60. The number of cyclic esters (lactones) is 2. The lowest BCUT2D eigenvalue weighted by Gasteiger charge is -2.29. The Labute approximate surface area is 284 Å². The Morgan fingerprint density at radius 1 is 0.980 bits per heavy atom. The van der Waals surface area contributed by atoms with E-state index in [9.17, 15) is 24.0 Å². The van der Waals surface area contributed by atoms with Crippen molar-refractivity contribution in [2.24, 2.45) is 11.8 Å². The first-order valence-corrected chi connectivity index (χ1v) is 15.7. The van der Waals surface area contributed by atoms with E-state index < -0.39 is 77.8 Å². The van der Waals surface area contributed by atoms with Crippen LogP contribution in [0.4, 0.5) is 0 Å². The van der Waals surface area contributed by atoms with Crippen LogP contribution in [0.2, 0.25) is 0 Å². The molecule has 2 heterocycles. The van der Waals surface area contributed by atoms with Crippen molar-refractivity contribution in [2.45, 2.75) is 58.0 Å². The van der Waals surface area contributed by atoms with Crippen LogP contribution in [-0.4, -0.2) is 73.8 Å². The number of hydrogen-bond donors (Lipinski definition) is 1. The van der Waals surface area contributed by atoms with Gasteiger partial charge in [-0.05, 0) is 31.4 Å². The number of nitrogens with zero attached hydrogens (tertiary/aromatic N) is 1. The lowest BCUT2D eigenvalue weighted by Crippen LogP contribution is -2.47. The minimum Gasteiger partial charge on any atom is -0.493 e. The summed E-state index contributed by atoms with van der Waals surface area (Å²) in [7, 11) is 2.65. The van der Waals surface area contributed by atoms with Gasteiger partial charge in [-0.15, -0.1) is 0 Å². The summed E-state index contributed by atoms with van der Waals surface area (Å²) < 4.78 is 33.5. The van der Waals surface area contributed by atoms with E-state index in [4.69, 9.17) is 28.4 Å². The molecular formula is C36H40N2O11. The van der Waals surface area contributed by atoms with Gasteiger partial charge in [0.25, 0.3) is 5.91 Å². The Morgan fingerprint density at radius 2 is 1.63 bits per heavy atom. The lowest BCUT2D eigenvalue weighted by atomic mass is 9.91. The lowest BCUT2D eigenvalue weighted by molar-refractivity contribution is -0.176. The Balaban J connectivity index is 1.61. The van der Waals surface area contributed by atoms with Gasteiger partial charge in [0.2, 0.25) is 5.75 Å². The van der Waals surface area contributed by atoms with E-state index in [0.717, 1.165) is 5.56 Å². The number of methoxy groups -OCH3 is 2. The molecule has 0 bridgehead atoms. The summed E-state index contributed by atoms with van der Waals surface area (Å²) in [6, 6.07) is 17.5. The van der Waals surface area contributed by atoms with E-state index in [1.54, 1.807) is 56.3 Å². The molecule has 1 fully saturated rings. The molecule has 0 saturated carbocycles. The normalized spacial score (nSPS) is 20.7. The second kappa shape index (κ2) is 16.2. The monoisotopic (exact) mass is 676 g/mol. The molecule has 49 heavy (non-hydrogen) atoms. The third-order valence-corrected chi connectivity index (χ3v) is 8.09. The molecule has 13 nitrogen and oxygen atoms in total. The van der Waals surface area contributed by atoms with Gasteiger partial charge in [-0.3, -0.25) is 14.4 Å². The summed E-state index contributed by atoms with van der Waals surface area (Å²) in [6.07, 6.45) is -0.916. The maximum atomic E-state index is 13.7. The highest BCUT2D eigenvalue weighted by atomic mass is 16.6. The van der Waals surface area contributed by atoms with Crippen molar-refractivity contribution in [3.8, 4) is 11.5 Å². The molecule has 0 spiro atoms. The molecule has 1 amide bonds. The molecule has 3 aromatic rings. The molecular weight excluding hydrogens is 636 g/mol. The quantitative estimate of drug-likeness (QED) is 0.232. The highest BCUT2D eigenvalue weighted by Crippen LogP contribution is 2.34. The zero-order valence-corrected chi connectivity index (χ0v) is 28.2. The van der Waals surface area contributed by atoms with E-state index in [0.29, 0.717) is 5.56 Å². The van der Waals surface area contributed by atoms with Crippen molar-refractivity contribution < 1.29 is 52.4 Å². The van der Waals surface area contributed by atoms with Gasteiger partial charge in [0.1, 0.15) is 18.6 Å². The molecule has 1 aliphatic heterocycles. The summed E-state index contributed by atoms with van der Waals surface area (Å²) in [5.41, 5.74) is -0.727. The standard InChI is InChI=1S/C36H40N2O11/c1-21(2)32(40)48-29-22(3)47-34(42)26(20-46-33(41)25(29)19-23-13-9-7-10-14-23)38-31(39)28-30(27(44-5)17-18-37-28)49-35(43)36(4,45-6)24-15-11-8-12-16-24/h7-18,21-22,25-26,29H,19-20H2,1-6H3,(H,38,39)/t22-,25+,26?,29?,36?/m0/s1. The van der Waals surface area contributed by atoms with E-state index in [2.05, 4.69) is 10.3 Å². The summed E-state index contributed by atoms with van der Waals surface area (Å²) in [5, 5.41) is 2.47. The highest BCUT2D eigenvalue weighted by Gasteiger charge is 2.43. The van der Waals surface area contributed by atoms with Crippen molar-refractivity contribution in [1.29, 1.82) is 0 Å². The largest absolute Gasteiger partial charge is 0.493 e. The molecule has 0 aliphatic carbocycles. The number of nitrogens with one attached hydrogen (secondary N) is 1. The van der Waals surface area contributed by atoms with Crippen LogP contribution in [0.25, 0.3) is 0 Å². The Bertz CT molecular complexity index is 1650. The molecule has 5 atom stereocenters. The molecule has 1 N–H and O–H groups in total. The number of esters is 4. The van der Waals surface area contributed by atoms with Crippen molar-refractivity contribution >= 4 is 29.8 Å². The number of ether oxygens (including phenoxy) is 6. The van der Waals surface area contributed by atoms with Gasteiger partial charge in [-0.1, -0.05) is 74.5 Å². The number of pyridine rings is 1. The van der Waals surface area contributed by atoms with Crippen molar-refractivity contribution in [1.82, 2.24) is 10.3 Å². The fourth-order valence-corrected chi connectivity index (χ4v) is 5.09. The van der Waals surface area contributed by atoms with E-state index in [1.807, 2.05) is 18.2 Å². The molecule has 260 valence electrons. The fraction of sp³-hybridized carbons (Fsp3) is 0.389. The first-order chi connectivity index (χ1) is 23.4. The summed E-state index contributed by atoms with van der Waals surface area (Å²) in [5.74, 6) is -6.05. The number of hydrogen-bond acceptors (Lipinski definition) is 12. The zero-order chi connectivity index (χ0) is 35.7. The minimum atomic E-state index is -1.58. The van der Waals surface area contributed by atoms with Crippen molar-refractivity contribution in [3.63, 3.8) is 0 Å². The molecule has 1 aliphatic rings. The van der Waals surface area contributed by atoms with Gasteiger partial charge in [0, 0.05) is 19.4 Å². The molecule has 4 rings (SSSR count). The molecule has 1 aromatic heterocycles. The maximum absolute atomic E-state index is 13.7. The molecule has 13 heteroatoms. The van der Waals surface area contributed by atoms with Crippen LogP contribution in [0.15, 0.2) is 72.9 Å². The molecule has 1 saturated heterocycles. The third-order valence-electron chi connectivity index (χ3n) is 8.09. The number of aromatic nitrogens is 1. The van der Waals surface area contributed by atoms with Crippen LogP contribution in [0.3, 0.4) is 0 Å². The van der Waals surface area contributed by atoms with Crippen molar-refractivity contribution in [3.05, 3.63) is 89.7 Å². The van der Waals surface area contributed by atoms with E-state index in [1.165, 1.54) is 40.3 Å². The van der Waals surface area contributed by atoms with Crippen molar-refractivity contribution in [2.75, 3.05) is 20.8 Å². The zero-order valence-electron chi connectivity index (χ0n) is 28.2. The van der Waals surface area contributed by atoms with Crippen LogP contribution in [0.5, 0.6) is 11.5 Å². The summed E-state index contributed by atoms with van der Waals surface area (Å²) in [4.78, 5) is 71.0. The number of benzene rings is 2. The average Bonchev–Trinajstić information content (AvgIpc) is 3.14. The number of carbonyl (C=O) groups excluding carboxylic acids is 5. The summed E-state index contributed by atoms with van der Waals surface area (Å²) >= 11 is 0. The van der Waals surface area contributed by atoms with Gasteiger partial charge in [-0.2, -0.15) is 0 Å². The summed E-state index contributed by atoms with van der Waals surface area (Å²) in [6.45, 7) is 5.67. The second-order valence-corrected chi connectivity index (χ2v) is 11.8. The molecule has 0 radical (unpaired) electrons. The van der Waals surface area contributed by atoms with Gasteiger partial charge < -0.3 is 33.7 Å². The number of carbonyl (C=O) groups is 5. The van der Waals surface area contributed by atoms with Crippen LogP contribution in [0.1, 0.15) is 49.3 Å². The second-order valence-electron chi connectivity index (χ2n) is 11.8. The smallest absolute Gasteiger partial charge is 0.348 e. The van der Waals surface area contributed by atoms with Gasteiger partial charge >= 0.3 is 23.9 Å². The molecule has 3 unspecified atom stereocenters. The Morgan fingerprint density at radius 3 is 2.24 bits per heavy atom. The number of rotatable bonds is 11. The maximum Gasteiger partial charge on any atom is 0.348 e. The first-order valence-electron chi connectivity index (χ1n) is 15.7. The van der Waals surface area contributed by atoms with Gasteiger partial charge in [0.15, 0.2) is 29.2 Å². The van der Waals surface area contributed by atoms with E-state index >= 15 is 0 Å². The van der Waals surface area contributed by atoms with Gasteiger partial charge in [-0.25, -0.2) is 14.6 Å². The topological polar surface area (TPSA) is 166 Å². The highest BCUT2D eigenvalue weighted by molar-refractivity contribution is 5.99. The molecule has 2 aromatic carbocycles. The average molecular weight is 677 g/mol. The Hall–Kier alpha value is -5.30. The van der Waals surface area contributed by atoms with Crippen LogP contribution in [0, 0.1) is 11.8 Å². The van der Waals surface area contributed by atoms with Crippen LogP contribution in [-0.2, 0) is 50.1 Å². The fourth-order valence-electron chi connectivity index (χ4n) is 5.09. The van der Waals surface area contributed by atoms with Gasteiger partial charge in [0.05, 0.1) is 13.0 Å². The van der Waals surface area contributed by atoms with Crippen LogP contribution < -0.4 is 14.8 Å². The number of amides is 1. The van der Waals surface area contributed by atoms with Crippen LogP contribution >= 0.6 is 0 Å². The first kappa shape index (κ1) is 36.5. The minimum absolute atomic E-state index is 0.00401.